The molecule has 2 nitrogen and oxygen atoms in total. The van der Waals surface area contributed by atoms with Gasteiger partial charge in [0, 0.05) is 18.6 Å². The summed E-state index contributed by atoms with van der Waals surface area (Å²) in [6.45, 7) is 12.6. The first-order valence-electron chi connectivity index (χ1n) is 6.83. The van der Waals surface area contributed by atoms with Crippen LogP contribution in [-0.2, 0) is 0 Å². The summed E-state index contributed by atoms with van der Waals surface area (Å²) in [6, 6.07) is 1.27. The molecule has 0 aromatic carbocycles. The number of hydrogen-bond acceptors (Lipinski definition) is 2. The molecule has 0 aliphatic carbocycles. The molecule has 0 radical (unpaired) electrons. The van der Waals surface area contributed by atoms with Gasteiger partial charge >= 0.3 is 0 Å². The van der Waals surface area contributed by atoms with E-state index in [1.54, 1.807) is 0 Å². The topological polar surface area (TPSA) is 15.3 Å². The third-order valence-electron chi connectivity index (χ3n) is 3.91. The Kier molecular flexibility index (Phi) is 8.04. The van der Waals surface area contributed by atoms with Crippen LogP contribution < -0.4 is 5.32 Å². The molecular weight excluding hydrogens is 196 g/mol. The van der Waals surface area contributed by atoms with Crippen LogP contribution in [0, 0.1) is 11.8 Å². The van der Waals surface area contributed by atoms with E-state index >= 15 is 0 Å². The van der Waals surface area contributed by atoms with Gasteiger partial charge in [-0.1, -0.05) is 40.5 Å². The molecule has 16 heavy (non-hydrogen) atoms. The first-order valence-corrected chi connectivity index (χ1v) is 6.83. The molecule has 0 saturated heterocycles. The van der Waals surface area contributed by atoms with Gasteiger partial charge in [-0.05, 0) is 32.9 Å². The van der Waals surface area contributed by atoms with E-state index in [0.29, 0.717) is 18.0 Å². The van der Waals surface area contributed by atoms with Crippen LogP contribution in [0.3, 0.4) is 0 Å². The summed E-state index contributed by atoms with van der Waals surface area (Å²) in [6.07, 6.45) is 2.55. The van der Waals surface area contributed by atoms with Crippen LogP contribution in [0.1, 0.15) is 47.5 Å². The summed E-state index contributed by atoms with van der Waals surface area (Å²) < 4.78 is 0. The summed E-state index contributed by atoms with van der Waals surface area (Å²) in [4.78, 5) is 2.37. The van der Waals surface area contributed by atoms with Gasteiger partial charge in [0.05, 0.1) is 0 Å². The van der Waals surface area contributed by atoms with Gasteiger partial charge in [-0.2, -0.15) is 0 Å². The Morgan fingerprint density at radius 1 is 1.00 bits per heavy atom. The molecule has 0 aliphatic rings. The third kappa shape index (κ3) is 5.31. The molecule has 0 aromatic rings. The minimum atomic E-state index is 0.608. The molecule has 0 rings (SSSR count). The molecule has 1 N–H and O–H groups in total. The van der Waals surface area contributed by atoms with Crippen LogP contribution in [0.25, 0.3) is 0 Å². The van der Waals surface area contributed by atoms with Gasteiger partial charge in [0.25, 0.3) is 0 Å². The lowest BCUT2D eigenvalue weighted by Crippen LogP contribution is -2.46. The zero-order valence-electron chi connectivity index (χ0n) is 12.4. The van der Waals surface area contributed by atoms with Gasteiger partial charge in [0.1, 0.15) is 0 Å². The van der Waals surface area contributed by atoms with Gasteiger partial charge in [0.15, 0.2) is 0 Å². The van der Waals surface area contributed by atoms with E-state index in [9.17, 15) is 0 Å². The average Bonchev–Trinajstić information content (AvgIpc) is 2.22. The summed E-state index contributed by atoms with van der Waals surface area (Å²) in [5.41, 5.74) is 0. The fraction of sp³-hybridized carbons (Fsp3) is 1.00. The first kappa shape index (κ1) is 15.9. The quantitative estimate of drug-likeness (QED) is 0.687. The summed E-state index contributed by atoms with van der Waals surface area (Å²) in [7, 11) is 4.40. The van der Waals surface area contributed by atoms with E-state index < -0.39 is 0 Å². The van der Waals surface area contributed by atoms with Crippen molar-refractivity contribution in [3.05, 3.63) is 0 Å². The van der Waals surface area contributed by atoms with Gasteiger partial charge in [-0.15, -0.1) is 0 Å². The number of nitrogens with one attached hydrogen (secondary N) is 1. The van der Waals surface area contributed by atoms with Crippen LogP contribution in [0.5, 0.6) is 0 Å². The van der Waals surface area contributed by atoms with Gasteiger partial charge in [0.2, 0.25) is 0 Å². The maximum atomic E-state index is 3.67. The molecule has 2 unspecified atom stereocenters. The minimum Gasteiger partial charge on any atom is -0.312 e. The molecule has 98 valence electrons. The largest absolute Gasteiger partial charge is 0.312 e. The Labute approximate surface area is 103 Å². The standard InChI is InChI=1S/C14H32N2/c1-8-13(9-2)14(16(6)7)10-15-12(5)11(3)4/h11-15H,8-10H2,1-7H3. The van der Waals surface area contributed by atoms with Gasteiger partial charge < -0.3 is 10.2 Å². The molecular formula is C14H32N2. The molecule has 0 aromatic heterocycles. The summed E-state index contributed by atoms with van der Waals surface area (Å²) >= 11 is 0. The number of nitrogens with zero attached hydrogens (tertiary/aromatic N) is 1. The Morgan fingerprint density at radius 3 is 1.81 bits per heavy atom. The highest BCUT2D eigenvalue weighted by Gasteiger charge is 2.21. The Bertz CT molecular complexity index is 162. The SMILES string of the molecule is CCC(CC)C(CNC(C)C(C)C)N(C)C. The van der Waals surface area contributed by atoms with Crippen molar-refractivity contribution in [1.29, 1.82) is 0 Å². The Hall–Kier alpha value is -0.0800. The average molecular weight is 228 g/mol. The van der Waals surface area contributed by atoms with Gasteiger partial charge in [-0.3, -0.25) is 0 Å². The Balaban J connectivity index is 4.23. The summed E-state index contributed by atoms with van der Waals surface area (Å²) in [5, 5.41) is 3.67. The van der Waals surface area contributed by atoms with Crippen LogP contribution in [-0.4, -0.2) is 37.6 Å². The van der Waals surface area contributed by atoms with E-state index in [2.05, 4.69) is 58.9 Å². The monoisotopic (exact) mass is 228 g/mol. The van der Waals surface area contributed by atoms with Crippen LogP contribution in [0.2, 0.25) is 0 Å². The highest BCUT2D eigenvalue weighted by molar-refractivity contribution is 4.78. The molecule has 0 spiro atoms. The van der Waals surface area contributed by atoms with Crippen molar-refractivity contribution in [2.75, 3.05) is 20.6 Å². The first-order chi connectivity index (χ1) is 7.43. The Morgan fingerprint density at radius 2 is 1.50 bits per heavy atom. The fourth-order valence-electron chi connectivity index (χ4n) is 2.15. The lowest BCUT2D eigenvalue weighted by molar-refractivity contribution is 0.186. The predicted octanol–water partition coefficient (Wildman–Crippen LogP) is 2.99. The molecule has 0 amide bonds. The second kappa shape index (κ2) is 8.08. The van der Waals surface area contributed by atoms with E-state index in [0.717, 1.165) is 12.5 Å². The van der Waals surface area contributed by atoms with Crippen molar-refractivity contribution in [2.45, 2.75) is 59.5 Å². The molecule has 0 heterocycles. The van der Waals surface area contributed by atoms with E-state index in [4.69, 9.17) is 0 Å². The molecule has 0 aliphatic heterocycles. The van der Waals surface area contributed by atoms with Crippen molar-refractivity contribution >= 4 is 0 Å². The summed E-state index contributed by atoms with van der Waals surface area (Å²) in [5.74, 6) is 1.52. The van der Waals surface area contributed by atoms with E-state index in [-0.39, 0.29) is 0 Å². The van der Waals surface area contributed by atoms with Crippen molar-refractivity contribution < 1.29 is 0 Å². The van der Waals surface area contributed by atoms with Crippen molar-refractivity contribution in [3.63, 3.8) is 0 Å². The number of likely N-dealkylation sites (N-methyl/N-ethyl adjacent to an activating group) is 1. The van der Waals surface area contributed by atoms with Crippen LogP contribution in [0.4, 0.5) is 0 Å². The van der Waals surface area contributed by atoms with E-state index in [1.165, 1.54) is 12.8 Å². The molecule has 0 fully saturated rings. The maximum absolute atomic E-state index is 3.67. The highest BCUT2D eigenvalue weighted by atomic mass is 15.1. The number of rotatable bonds is 8. The van der Waals surface area contributed by atoms with Crippen molar-refractivity contribution in [1.82, 2.24) is 10.2 Å². The second-order valence-corrected chi connectivity index (χ2v) is 5.55. The molecule has 2 heteroatoms. The zero-order chi connectivity index (χ0) is 12.7. The lowest BCUT2D eigenvalue weighted by Gasteiger charge is -2.33. The third-order valence-corrected chi connectivity index (χ3v) is 3.91. The fourth-order valence-corrected chi connectivity index (χ4v) is 2.15. The zero-order valence-corrected chi connectivity index (χ0v) is 12.4. The molecule has 0 bridgehead atoms. The molecule has 2 atom stereocenters. The lowest BCUT2D eigenvalue weighted by atomic mass is 9.92. The van der Waals surface area contributed by atoms with E-state index in [1.807, 2.05) is 0 Å². The van der Waals surface area contributed by atoms with Crippen molar-refractivity contribution in [3.8, 4) is 0 Å². The van der Waals surface area contributed by atoms with Crippen LogP contribution in [0.15, 0.2) is 0 Å². The van der Waals surface area contributed by atoms with Crippen molar-refractivity contribution in [2.24, 2.45) is 11.8 Å². The second-order valence-electron chi connectivity index (χ2n) is 5.55. The normalized spacial score (nSPS) is 16.1. The number of hydrogen-bond donors (Lipinski definition) is 1. The van der Waals surface area contributed by atoms with Crippen LogP contribution >= 0.6 is 0 Å². The highest BCUT2D eigenvalue weighted by Crippen LogP contribution is 2.16. The maximum Gasteiger partial charge on any atom is 0.0242 e. The smallest absolute Gasteiger partial charge is 0.0242 e. The van der Waals surface area contributed by atoms with Gasteiger partial charge in [-0.25, -0.2) is 0 Å². The predicted molar refractivity (Wildman–Crippen MR) is 73.8 cm³/mol. The molecule has 0 saturated carbocycles. The minimum absolute atomic E-state index is 0.608.